The van der Waals surface area contributed by atoms with Gasteiger partial charge < -0.3 is 9.64 Å². The van der Waals surface area contributed by atoms with Crippen molar-refractivity contribution in [3.05, 3.63) is 108 Å². The zero-order valence-electron chi connectivity index (χ0n) is 21.4. The van der Waals surface area contributed by atoms with Gasteiger partial charge in [0.1, 0.15) is 5.75 Å². The fraction of sp³-hybridized carbons (Fsp3) is 0.355. The van der Waals surface area contributed by atoms with Crippen LogP contribution in [0, 0.1) is 0 Å². The average Bonchev–Trinajstić information content (AvgIpc) is 2.92. The molecule has 0 saturated carbocycles. The minimum atomic E-state index is 0.279. The highest BCUT2D eigenvalue weighted by Crippen LogP contribution is 2.27. The van der Waals surface area contributed by atoms with E-state index in [2.05, 4.69) is 114 Å². The van der Waals surface area contributed by atoms with Gasteiger partial charge in [0.15, 0.2) is 0 Å². The number of nitrogens with zero attached hydrogens (tertiary/aromatic N) is 3. The molecule has 0 spiro atoms. The van der Waals surface area contributed by atoms with Crippen LogP contribution in [-0.4, -0.2) is 74.7 Å². The number of likely N-dealkylation sites (N-methyl/N-ethyl adjacent to an activating group) is 1. The molecule has 1 heterocycles. The predicted molar refractivity (Wildman–Crippen MR) is 147 cm³/mol. The van der Waals surface area contributed by atoms with Gasteiger partial charge >= 0.3 is 0 Å². The molecule has 35 heavy (non-hydrogen) atoms. The van der Waals surface area contributed by atoms with Gasteiger partial charge in [-0.3, -0.25) is 9.80 Å². The molecule has 3 aromatic rings. The summed E-state index contributed by atoms with van der Waals surface area (Å²) in [6.07, 6.45) is 2.41. The van der Waals surface area contributed by atoms with Gasteiger partial charge in [-0.15, -0.1) is 0 Å². The van der Waals surface area contributed by atoms with Crippen LogP contribution in [0.3, 0.4) is 0 Å². The third-order valence-electron chi connectivity index (χ3n) is 7.12. The molecule has 4 rings (SSSR count). The zero-order chi connectivity index (χ0) is 24.5. The molecule has 1 aliphatic rings. The van der Waals surface area contributed by atoms with E-state index in [1.807, 2.05) is 6.07 Å². The number of hydrogen-bond donors (Lipinski definition) is 0. The monoisotopic (exact) mass is 469 g/mol. The van der Waals surface area contributed by atoms with E-state index in [4.69, 9.17) is 4.74 Å². The lowest BCUT2D eigenvalue weighted by Gasteiger charge is -2.35. The molecule has 184 valence electrons. The smallest absolute Gasteiger partial charge is 0.119 e. The standard InChI is InChI=1S/C31H39N3O/c1-26(29-15-10-16-30(25-29)35-3)34(24-23-33-21-19-32(2)20-22-33)18-17-31(27-11-6-4-7-12-27)28-13-8-5-9-14-28/h4-17,25-26H,18-24H2,1-3H3. The minimum Gasteiger partial charge on any atom is -0.497 e. The highest BCUT2D eigenvalue weighted by Gasteiger charge is 2.19. The molecule has 1 unspecified atom stereocenters. The van der Waals surface area contributed by atoms with Crippen LogP contribution in [0.1, 0.15) is 29.7 Å². The highest BCUT2D eigenvalue weighted by atomic mass is 16.5. The summed E-state index contributed by atoms with van der Waals surface area (Å²) in [5.74, 6) is 0.915. The second-order valence-electron chi connectivity index (χ2n) is 9.44. The van der Waals surface area contributed by atoms with E-state index in [1.54, 1.807) is 7.11 Å². The third kappa shape index (κ3) is 7.04. The molecule has 1 atom stereocenters. The van der Waals surface area contributed by atoms with Crippen molar-refractivity contribution in [1.82, 2.24) is 14.7 Å². The van der Waals surface area contributed by atoms with E-state index >= 15 is 0 Å². The van der Waals surface area contributed by atoms with E-state index in [0.717, 1.165) is 51.6 Å². The SMILES string of the molecule is COc1cccc(C(C)N(CC=C(c2ccccc2)c2ccccc2)CCN2CCN(C)CC2)c1. The van der Waals surface area contributed by atoms with Crippen LogP contribution in [0.5, 0.6) is 5.75 Å². The van der Waals surface area contributed by atoms with E-state index in [-0.39, 0.29) is 6.04 Å². The molecule has 0 amide bonds. The lowest BCUT2D eigenvalue weighted by Crippen LogP contribution is -2.47. The van der Waals surface area contributed by atoms with E-state index < -0.39 is 0 Å². The van der Waals surface area contributed by atoms with E-state index in [1.165, 1.54) is 22.3 Å². The Kier molecular flexibility index (Phi) is 9.13. The molecular formula is C31H39N3O. The van der Waals surface area contributed by atoms with Crippen molar-refractivity contribution in [2.24, 2.45) is 0 Å². The number of ether oxygens (including phenoxy) is 1. The number of hydrogen-bond acceptors (Lipinski definition) is 4. The molecule has 3 aromatic carbocycles. The average molecular weight is 470 g/mol. The largest absolute Gasteiger partial charge is 0.497 e. The summed E-state index contributed by atoms with van der Waals surface area (Å²) in [5, 5.41) is 0. The van der Waals surface area contributed by atoms with Crippen molar-refractivity contribution < 1.29 is 4.74 Å². The second kappa shape index (κ2) is 12.7. The first kappa shape index (κ1) is 25.2. The predicted octanol–water partition coefficient (Wildman–Crippen LogP) is 5.44. The normalized spacial score (nSPS) is 15.7. The fourth-order valence-electron chi connectivity index (χ4n) is 4.74. The Labute approximate surface area is 211 Å². The van der Waals surface area contributed by atoms with Gasteiger partial charge in [0.05, 0.1) is 7.11 Å². The summed E-state index contributed by atoms with van der Waals surface area (Å²) in [5.41, 5.74) is 5.09. The quantitative estimate of drug-likeness (QED) is 0.394. The number of benzene rings is 3. The molecule has 1 aliphatic heterocycles. The topological polar surface area (TPSA) is 19.0 Å². The highest BCUT2D eigenvalue weighted by molar-refractivity contribution is 5.79. The van der Waals surface area contributed by atoms with E-state index in [0.29, 0.717) is 0 Å². The maximum absolute atomic E-state index is 5.52. The molecule has 0 N–H and O–H groups in total. The molecule has 0 radical (unpaired) electrons. The van der Waals surface area contributed by atoms with Crippen LogP contribution in [0.15, 0.2) is 91.0 Å². The van der Waals surface area contributed by atoms with Crippen LogP contribution in [0.4, 0.5) is 0 Å². The van der Waals surface area contributed by atoms with Crippen LogP contribution >= 0.6 is 0 Å². The Morgan fingerprint density at radius 1 is 0.886 bits per heavy atom. The van der Waals surface area contributed by atoms with Crippen LogP contribution in [0.25, 0.3) is 5.57 Å². The molecule has 4 heteroatoms. The van der Waals surface area contributed by atoms with Crippen LogP contribution in [0.2, 0.25) is 0 Å². The van der Waals surface area contributed by atoms with Gasteiger partial charge in [-0.25, -0.2) is 0 Å². The minimum absolute atomic E-state index is 0.279. The summed E-state index contributed by atoms with van der Waals surface area (Å²) in [7, 11) is 3.96. The molecular weight excluding hydrogens is 430 g/mol. The first-order valence-corrected chi connectivity index (χ1v) is 12.7. The van der Waals surface area contributed by atoms with Crippen molar-refractivity contribution >= 4 is 5.57 Å². The molecule has 0 aromatic heterocycles. The Morgan fingerprint density at radius 3 is 2.11 bits per heavy atom. The van der Waals surface area contributed by atoms with Gasteiger partial charge in [0, 0.05) is 51.9 Å². The zero-order valence-corrected chi connectivity index (χ0v) is 21.4. The van der Waals surface area contributed by atoms with E-state index in [9.17, 15) is 0 Å². The maximum atomic E-state index is 5.52. The number of methoxy groups -OCH3 is 1. The lowest BCUT2D eigenvalue weighted by molar-refractivity contribution is 0.127. The Bertz CT molecular complexity index is 1020. The van der Waals surface area contributed by atoms with Crippen LogP contribution < -0.4 is 4.74 Å². The Morgan fingerprint density at radius 2 is 1.51 bits per heavy atom. The maximum Gasteiger partial charge on any atom is 0.119 e. The lowest BCUT2D eigenvalue weighted by atomic mass is 9.97. The first-order chi connectivity index (χ1) is 17.1. The van der Waals surface area contributed by atoms with Crippen molar-refractivity contribution in [2.75, 3.05) is 60.0 Å². The number of piperazine rings is 1. The van der Waals surface area contributed by atoms with Gasteiger partial charge in [0.2, 0.25) is 0 Å². The summed E-state index contributed by atoms with van der Waals surface area (Å²) >= 11 is 0. The molecule has 1 fully saturated rings. The molecule has 0 bridgehead atoms. The van der Waals surface area contributed by atoms with Gasteiger partial charge in [0.25, 0.3) is 0 Å². The number of rotatable bonds is 10. The van der Waals surface area contributed by atoms with Crippen LogP contribution in [-0.2, 0) is 0 Å². The Hall–Kier alpha value is -2.92. The van der Waals surface area contributed by atoms with Crippen molar-refractivity contribution in [2.45, 2.75) is 13.0 Å². The summed E-state index contributed by atoms with van der Waals surface area (Å²) in [4.78, 5) is 7.62. The molecule has 0 aliphatic carbocycles. The third-order valence-corrected chi connectivity index (χ3v) is 7.12. The molecule has 4 nitrogen and oxygen atoms in total. The van der Waals surface area contributed by atoms with Gasteiger partial charge in [-0.05, 0) is 48.4 Å². The van der Waals surface area contributed by atoms with Crippen molar-refractivity contribution in [1.29, 1.82) is 0 Å². The summed E-state index contributed by atoms with van der Waals surface area (Å²) in [6, 6.07) is 30.3. The Balaban J connectivity index is 1.59. The second-order valence-corrected chi connectivity index (χ2v) is 9.44. The molecule has 1 saturated heterocycles. The first-order valence-electron chi connectivity index (χ1n) is 12.7. The van der Waals surface area contributed by atoms with Gasteiger partial charge in [-0.2, -0.15) is 0 Å². The summed E-state index contributed by atoms with van der Waals surface area (Å²) in [6.45, 7) is 9.90. The summed E-state index contributed by atoms with van der Waals surface area (Å²) < 4.78 is 5.52. The van der Waals surface area contributed by atoms with Crippen molar-refractivity contribution in [3.8, 4) is 5.75 Å². The fourth-order valence-corrected chi connectivity index (χ4v) is 4.74. The van der Waals surface area contributed by atoms with Crippen molar-refractivity contribution in [3.63, 3.8) is 0 Å². The van der Waals surface area contributed by atoms with Gasteiger partial charge in [-0.1, -0.05) is 78.9 Å².